The number of benzene rings is 2. The largest absolute Gasteiger partial charge is 0.298 e. The number of nitrogens with zero attached hydrogens (tertiary/aromatic N) is 4. The number of Topliss-reactive ketones (excluding diaryl/α,β-unsaturated/α-hetero) is 1. The number of ketones is 1. The van der Waals surface area contributed by atoms with Crippen LogP contribution >= 0.6 is 23.2 Å². The molecule has 0 bridgehead atoms. The minimum Gasteiger partial charge on any atom is -0.298 e. The van der Waals surface area contributed by atoms with Crippen LogP contribution in [0.25, 0.3) is 21.8 Å². The molecule has 6 rings (SSSR count). The molecule has 0 amide bonds. The summed E-state index contributed by atoms with van der Waals surface area (Å²) in [5.41, 5.74) is 6.81. The van der Waals surface area contributed by atoms with E-state index in [4.69, 9.17) is 33.2 Å². The molecule has 5 nitrogen and oxygen atoms in total. The van der Waals surface area contributed by atoms with Crippen molar-refractivity contribution >= 4 is 50.8 Å². The second-order valence-corrected chi connectivity index (χ2v) is 11.5. The number of carbonyl (C=O) groups is 1. The Hall–Kier alpha value is -4.19. The van der Waals surface area contributed by atoms with Gasteiger partial charge in [0.2, 0.25) is 0 Å². The predicted octanol–water partition coefficient (Wildman–Crippen LogP) is 8.42. The molecule has 2 atom stereocenters. The number of carbonyl (C=O) groups excluding carboxylic acids is 1. The topological polar surface area (TPSA) is 68.6 Å². The summed E-state index contributed by atoms with van der Waals surface area (Å²) >= 11 is 12.5. The van der Waals surface area contributed by atoms with Gasteiger partial charge < -0.3 is 0 Å². The molecule has 0 aliphatic heterocycles. The number of aryl methyl sites for hydroxylation is 2. The lowest BCUT2D eigenvalue weighted by Crippen LogP contribution is -2.26. The van der Waals surface area contributed by atoms with Crippen LogP contribution in [0.1, 0.15) is 45.7 Å². The molecule has 4 aromatic heterocycles. The third-order valence-electron chi connectivity index (χ3n) is 7.66. The van der Waals surface area contributed by atoms with Gasteiger partial charge in [-0.1, -0.05) is 47.5 Å². The van der Waals surface area contributed by atoms with Crippen molar-refractivity contribution in [3.05, 3.63) is 141 Å². The van der Waals surface area contributed by atoms with Crippen molar-refractivity contribution in [2.75, 3.05) is 0 Å². The molecule has 2 unspecified atom stereocenters. The zero-order valence-corrected chi connectivity index (χ0v) is 24.8. The van der Waals surface area contributed by atoms with E-state index < -0.39 is 11.8 Å². The molecule has 2 aromatic carbocycles. The summed E-state index contributed by atoms with van der Waals surface area (Å²) in [6.07, 6.45) is 4.47. The number of halogens is 2. The van der Waals surface area contributed by atoms with E-state index in [0.717, 1.165) is 55.7 Å². The summed E-state index contributed by atoms with van der Waals surface area (Å²) in [5, 5.41) is 3.18. The van der Waals surface area contributed by atoms with E-state index in [9.17, 15) is 4.79 Å². The van der Waals surface area contributed by atoms with E-state index in [-0.39, 0.29) is 5.78 Å². The Morgan fingerprint density at radius 2 is 1.10 bits per heavy atom. The molecule has 208 valence electrons. The van der Waals surface area contributed by atoms with Crippen molar-refractivity contribution in [1.82, 2.24) is 19.9 Å². The number of hydrogen-bond acceptors (Lipinski definition) is 5. The first kappa shape index (κ1) is 28.0. The van der Waals surface area contributed by atoms with Crippen LogP contribution in [0.5, 0.6) is 0 Å². The van der Waals surface area contributed by atoms with Gasteiger partial charge >= 0.3 is 0 Å². The van der Waals surface area contributed by atoms with Crippen LogP contribution in [0.4, 0.5) is 0 Å². The number of aromatic nitrogens is 4. The predicted molar refractivity (Wildman–Crippen MR) is 169 cm³/mol. The summed E-state index contributed by atoms with van der Waals surface area (Å²) in [6.45, 7) is 3.89. The van der Waals surface area contributed by atoms with Gasteiger partial charge in [0.1, 0.15) is 0 Å². The Morgan fingerprint density at radius 3 is 1.52 bits per heavy atom. The van der Waals surface area contributed by atoms with Gasteiger partial charge in [-0.2, -0.15) is 0 Å². The highest BCUT2D eigenvalue weighted by Gasteiger charge is 2.32. The van der Waals surface area contributed by atoms with Gasteiger partial charge in [-0.15, -0.1) is 0 Å². The molecule has 0 radical (unpaired) electrons. The van der Waals surface area contributed by atoms with Crippen LogP contribution in [0.2, 0.25) is 10.0 Å². The molecule has 7 heteroatoms. The van der Waals surface area contributed by atoms with E-state index in [0.29, 0.717) is 22.9 Å². The smallest absolute Gasteiger partial charge is 0.151 e. The lowest BCUT2D eigenvalue weighted by atomic mass is 9.80. The second kappa shape index (κ2) is 12.0. The Bertz CT molecular complexity index is 1800. The maximum atomic E-state index is 14.9. The first-order chi connectivity index (χ1) is 20.4. The van der Waals surface area contributed by atoms with Crippen LogP contribution < -0.4 is 0 Å². The van der Waals surface area contributed by atoms with Crippen LogP contribution in [-0.2, 0) is 17.6 Å². The normalized spacial score (nSPS) is 12.9. The van der Waals surface area contributed by atoms with E-state index in [1.165, 1.54) is 0 Å². The van der Waals surface area contributed by atoms with Crippen molar-refractivity contribution in [2.45, 2.75) is 38.5 Å². The van der Waals surface area contributed by atoms with Crippen molar-refractivity contribution in [3.8, 4) is 0 Å². The number of hydrogen-bond donors (Lipinski definition) is 0. The third-order valence-corrected chi connectivity index (χ3v) is 8.13. The molecule has 0 saturated heterocycles. The van der Waals surface area contributed by atoms with Crippen LogP contribution in [-0.4, -0.2) is 25.7 Å². The fraction of sp³-hybridized carbons (Fsp3) is 0.171. The SMILES string of the molecule is Cc1cccc(C(Cc2ccnc3cc(Cl)ccc23)C(=O)C(Cc2ccnc3cc(Cl)ccc23)c2cccc(C)n2)n1. The van der Waals surface area contributed by atoms with Gasteiger partial charge in [-0.25, -0.2) is 0 Å². The molecular weight excluding hydrogens is 563 g/mol. The van der Waals surface area contributed by atoms with Gasteiger partial charge in [0.25, 0.3) is 0 Å². The van der Waals surface area contributed by atoms with E-state index in [1.807, 2.05) is 98.8 Å². The van der Waals surface area contributed by atoms with Gasteiger partial charge in [-0.05, 0) is 98.5 Å². The Kier molecular flexibility index (Phi) is 7.96. The van der Waals surface area contributed by atoms with Crippen LogP contribution in [0.15, 0.2) is 97.3 Å². The summed E-state index contributed by atoms with van der Waals surface area (Å²) in [7, 11) is 0. The first-order valence-corrected chi connectivity index (χ1v) is 14.6. The maximum absolute atomic E-state index is 14.9. The molecular formula is C35H28Cl2N4O. The van der Waals surface area contributed by atoms with Crippen LogP contribution in [0, 0.1) is 13.8 Å². The number of fused-ring (bicyclic) bond motifs is 2. The quantitative estimate of drug-likeness (QED) is 0.178. The fourth-order valence-corrected chi connectivity index (χ4v) is 5.95. The molecule has 0 saturated carbocycles. The zero-order chi connectivity index (χ0) is 29.2. The van der Waals surface area contributed by atoms with Gasteiger partial charge in [0, 0.05) is 44.6 Å². The summed E-state index contributed by atoms with van der Waals surface area (Å²) in [6, 6.07) is 27.0. The highest BCUT2D eigenvalue weighted by molar-refractivity contribution is 6.31. The Balaban J connectivity index is 1.48. The molecule has 0 aliphatic carbocycles. The molecule has 42 heavy (non-hydrogen) atoms. The van der Waals surface area contributed by atoms with E-state index in [2.05, 4.69) is 9.97 Å². The minimum atomic E-state index is -0.513. The monoisotopic (exact) mass is 590 g/mol. The van der Waals surface area contributed by atoms with Crippen molar-refractivity contribution < 1.29 is 4.79 Å². The van der Waals surface area contributed by atoms with Crippen molar-refractivity contribution in [3.63, 3.8) is 0 Å². The van der Waals surface area contributed by atoms with Crippen LogP contribution in [0.3, 0.4) is 0 Å². The molecule has 0 N–H and O–H groups in total. The standard InChI is InChI=1S/C35H28Cl2N4O/c1-21-5-3-7-31(40-21)29(17-23-13-15-38-33-19-25(36)9-11-27(23)33)35(42)30(32-8-4-6-22(2)41-32)18-24-14-16-39-34-20-26(37)10-12-28(24)34/h3-16,19-20,29-30H,17-18H2,1-2H3. The fourth-order valence-electron chi connectivity index (χ4n) is 5.62. The molecule has 0 aliphatic rings. The highest BCUT2D eigenvalue weighted by atomic mass is 35.5. The number of rotatable bonds is 8. The van der Waals surface area contributed by atoms with Gasteiger partial charge in [0.05, 0.1) is 34.3 Å². The summed E-state index contributed by atoms with van der Waals surface area (Å²) in [4.78, 5) is 33.6. The van der Waals surface area contributed by atoms with Crippen molar-refractivity contribution in [2.24, 2.45) is 0 Å². The Morgan fingerprint density at radius 1 is 0.643 bits per heavy atom. The molecule has 4 heterocycles. The van der Waals surface area contributed by atoms with Crippen molar-refractivity contribution in [1.29, 1.82) is 0 Å². The molecule has 0 fully saturated rings. The molecule has 6 aromatic rings. The first-order valence-electron chi connectivity index (χ1n) is 13.8. The zero-order valence-electron chi connectivity index (χ0n) is 23.3. The molecule has 0 spiro atoms. The van der Waals surface area contributed by atoms with E-state index in [1.54, 1.807) is 12.4 Å². The van der Waals surface area contributed by atoms with E-state index >= 15 is 0 Å². The Labute approximate surface area is 254 Å². The lowest BCUT2D eigenvalue weighted by Gasteiger charge is -2.24. The highest BCUT2D eigenvalue weighted by Crippen LogP contribution is 2.34. The second-order valence-electron chi connectivity index (χ2n) is 10.6. The maximum Gasteiger partial charge on any atom is 0.151 e. The third kappa shape index (κ3) is 5.89. The van der Waals surface area contributed by atoms with Gasteiger partial charge in [0.15, 0.2) is 5.78 Å². The average molecular weight is 592 g/mol. The number of pyridine rings is 4. The summed E-state index contributed by atoms with van der Waals surface area (Å²) in [5.74, 6) is -0.967. The minimum absolute atomic E-state index is 0.0593. The van der Waals surface area contributed by atoms with Gasteiger partial charge in [-0.3, -0.25) is 24.7 Å². The summed E-state index contributed by atoms with van der Waals surface area (Å²) < 4.78 is 0. The lowest BCUT2D eigenvalue weighted by molar-refractivity contribution is -0.122. The average Bonchev–Trinajstić information content (AvgIpc) is 2.98.